The van der Waals surface area contributed by atoms with Gasteiger partial charge in [0.1, 0.15) is 17.6 Å². The first kappa shape index (κ1) is 25.6. The molecule has 2 atom stereocenters. The number of hydrogen-bond acceptors (Lipinski definition) is 7. The summed E-state index contributed by atoms with van der Waals surface area (Å²) in [5.41, 5.74) is 2.19. The van der Waals surface area contributed by atoms with Crippen molar-refractivity contribution in [3.8, 4) is 17.2 Å². The minimum absolute atomic E-state index is 0.0518. The Kier molecular flexibility index (Phi) is 7.54. The van der Waals surface area contributed by atoms with Gasteiger partial charge in [-0.2, -0.15) is 0 Å². The van der Waals surface area contributed by atoms with Crippen molar-refractivity contribution in [3.05, 3.63) is 58.7 Å². The highest BCUT2D eigenvalue weighted by Crippen LogP contribution is 2.42. The third-order valence-electron chi connectivity index (χ3n) is 6.52. The van der Waals surface area contributed by atoms with E-state index in [0.29, 0.717) is 42.2 Å². The van der Waals surface area contributed by atoms with Crippen molar-refractivity contribution in [2.75, 3.05) is 40.9 Å². The summed E-state index contributed by atoms with van der Waals surface area (Å²) < 4.78 is 17.0. The number of benzene rings is 2. The number of Topliss-reactive ketones (excluding diaryl/α,β-unsaturated/α-hetero) is 1. The van der Waals surface area contributed by atoms with Crippen LogP contribution in [0.2, 0.25) is 0 Å². The Morgan fingerprint density at radius 1 is 1.17 bits per heavy atom. The Morgan fingerprint density at radius 3 is 2.64 bits per heavy atom. The molecule has 2 heterocycles. The monoisotopic (exact) mass is 494 g/mol. The van der Waals surface area contributed by atoms with Crippen LogP contribution in [0.15, 0.2) is 42.0 Å². The molecule has 2 aliphatic heterocycles. The highest BCUT2D eigenvalue weighted by molar-refractivity contribution is 6.46. The summed E-state index contributed by atoms with van der Waals surface area (Å²) in [6.45, 7) is 5.47. The Labute approximate surface area is 212 Å². The standard InChI is InChI=1S/C28H34N2O6/c1-6-35-22-11-8-18(16-23(22)34-5)25-24(27(32)28(33)30(25)13-7-12-29(3)4)26(31)19-9-10-21-20(15-19)14-17(2)36-21/h8-11,15-17,25,31H,6-7,12-14H2,1-5H3/b26-24+. The van der Waals surface area contributed by atoms with Gasteiger partial charge in [-0.15, -0.1) is 0 Å². The number of aliphatic hydroxyl groups excluding tert-OH is 1. The van der Waals surface area contributed by atoms with E-state index in [1.54, 1.807) is 36.3 Å². The molecule has 0 aliphatic carbocycles. The van der Waals surface area contributed by atoms with Crippen molar-refractivity contribution in [2.24, 2.45) is 0 Å². The molecule has 2 unspecified atom stereocenters. The van der Waals surface area contributed by atoms with Crippen LogP contribution >= 0.6 is 0 Å². The Hall–Kier alpha value is -3.52. The normalized spacial score (nSPS) is 20.6. The Bertz CT molecular complexity index is 1190. The topological polar surface area (TPSA) is 88.5 Å². The maximum Gasteiger partial charge on any atom is 0.295 e. The van der Waals surface area contributed by atoms with E-state index in [9.17, 15) is 14.7 Å². The molecule has 0 radical (unpaired) electrons. The summed E-state index contributed by atoms with van der Waals surface area (Å²) in [5.74, 6) is 0.337. The lowest BCUT2D eigenvalue weighted by Crippen LogP contribution is -2.32. The molecule has 36 heavy (non-hydrogen) atoms. The third kappa shape index (κ3) is 4.91. The predicted octanol–water partition coefficient (Wildman–Crippen LogP) is 3.79. The van der Waals surface area contributed by atoms with E-state index in [-0.39, 0.29) is 17.4 Å². The summed E-state index contributed by atoms with van der Waals surface area (Å²) in [6.07, 6.45) is 1.45. The van der Waals surface area contributed by atoms with Gasteiger partial charge in [-0.25, -0.2) is 0 Å². The zero-order valence-electron chi connectivity index (χ0n) is 21.5. The molecule has 1 amide bonds. The van der Waals surface area contributed by atoms with Crippen LogP contribution in [-0.4, -0.2) is 73.6 Å². The largest absolute Gasteiger partial charge is 0.507 e. The summed E-state index contributed by atoms with van der Waals surface area (Å²) in [4.78, 5) is 30.1. The summed E-state index contributed by atoms with van der Waals surface area (Å²) >= 11 is 0. The number of nitrogens with zero attached hydrogens (tertiary/aromatic N) is 2. The fourth-order valence-corrected chi connectivity index (χ4v) is 4.87. The first-order chi connectivity index (χ1) is 17.2. The number of ether oxygens (including phenoxy) is 3. The Morgan fingerprint density at radius 2 is 1.94 bits per heavy atom. The number of methoxy groups -OCH3 is 1. The molecule has 1 N–H and O–H groups in total. The van der Waals surface area contributed by atoms with Gasteiger partial charge in [-0.05, 0) is 82.4 Å². The average Bonchev–Trinajstić information content (AvgIpc) is 3.34. The average molecular weight is 495 g/mol. The summed E-state index contributed by atoms with van der Waals surface area (Å²) in [6, 6.07) is 9.97. The van der Waals surface area contributed by atoms with E-state index in [1.165, 1.54) is 0 Å². The quantitative estimate of drug-likeness (QED) is 0.322. The van der Waals surface area contributed by atoms with E-state index in [4.69, 9.17) is 14.2 Å². The van der Waals surface area contributed by atoms with Crippen LogP contribution in [0.5, 0.6) is 17.2 Å². The molecule has 0 spiro atoms. The van der Waals surface area contributed by atoms with Crippen LogP contribution in [0.4, 0.5) is 0 Å². The van der Waals surface area contributed by atoms with E-state index < -0.39 is 17.7 Å². The van der Waals surface area contributed by atoms with E-state index in [0.717, 1.165) is 24.3 Å². The van der Waals surface area contributed by atoms with Crippen molar-refractivity contribution in [1.82, 2.24) is 9.80 Å². The minimum atomic E-state index is -0.750. The zero-order valence-corrected chi connectivity index (χ0v) is 21.5. The molecule has 2 aromatic rings. The second-order valence-electron chi connectivity index (χ2n) is 9.45. The second kappa shape index (κ2) is 10.6. The van der Waals surface area contributed by atoms with E-state index in [1.807, 2.05) is 45.0 Å². The first-order valence-corrected chi connectivity index (χ1v) is 12.3. The van der Waals surface area contributed by atoms with Gasteiger partial charge >= 0.3 is 0 Å². The molecule has 2 aromatic carbocycles. The van der Waals surface area contributed by atoms with E-state index >= 15 is 0 Å². The molecule has 8 nitrogen and oxygen atoms in total. The number of rotatable bonds is 9. The van der Waals surface area contributed by atoms with Crippen LogP contribution in [-0.2, 0) is 16.0 Å². The maximum absolute atomic E-state index is 13.3. The number of fused-ring (bicyclic) bond motifs is 1. The molecule has 192 valence electrons. The number of amides is 1. The first-order valence-electron chi connectivity index (χ1n) is 12.3. The fraction of sp³-hybridized carbons (Fsp3) is 0.429. The lowest BCUT2D eigenvalue weighted by Gasteiger charge is -2.26. The van der Waals surface area contributed by atoms with Gasteiger partial charge in [0, 0.05) is 18.5 Å². The van der Waals surface area contributed by atoms with Gasteiger partial charge < -0.3 is 29.1 Å². The minimum Gasteiger partial charge on any atom is -0.507 e. The van der Waals surface area contributed by atoms with Gasteiger partial charge in [-0.3, -0.25) is 9.59 Å². The van der Waals surface area contributed by atoms with Gasteiger partial charge in [0.25, 0.3) is 11.7 Å². The third-order valence-corrected chi connectivity index (χ3v) is 6.52. The highest BCUT2D eigenvalue weighted by Gasteiger charge is 2.46. The lowest BCUT2D eigenvalue weighted by atomic mass is 9.94. The van der Waals surface area contributed by atoms with Crippen LogP contribution in [0.25, 0.3) is 5.76 Å². The molecule has 1 fully saturated rings. The van der Waals surface area contributed by atoms with Crippen molar-refractivity contribution >= 4 is 17.4 Å². The molecule has 0 aromatic heterocycles. The van der Waals surface area contributed by atoms with Crippen LogP contribution in [0.1, 0.15) is 43.0 Å². The van der Waals surface area contributed by atoms with Crippen molar-refractivity contribution in [1.29, 1.82) is 0 Å². The molecular formula is C28H34N2O6. The fourth-order valence-electron chi connectivity index (χ4n) is 4.87. The molecular weight excluding hydrogens is 460 g/mol. The molecule has 0 saturated carbocycles. The number of hydrogen-bond donors (Lipinski definition) is 1. The summed E-state index contributed by atoms with van der Waals surface area (Å²) in [7, 11) is 5.46. The van der Waals surface area contributed by atoms with Crippen LogP contribution in [0, 0.1) is 0 Å². The smallest absolute Gasteiger partial charge is 0.295 e. The molecule has 1 saturated heterocycles. The predicted molar refractivity (Wildman–Crippen MR) is 137 cm³/mol. The molecule has 2 aliphatic rings. The van der Waals surface area contributed by atoms with Crippen molar-refractivity contribution in [2.45, 2.75) is 38.8 Å². The van der Waals surface area contributed by atoms with E-state index in [2.05, 4.69) is 0 Å². The number of ketones is 1. The molecule has 0 bridgehead atoms. The maximum atomic E-state index is 13.3. The Balaban J connectivity index is 1.81. The highest BCUT2D eigenvalue weighted by atomic mass is 16.5. The van der Waals surface area contributed by atoms with Crippen LogP contribution < -0.4 is 14.2 Å². The number of carbonyl (C=O) groups excluding carboxylic acids is 2. The van der Waals surface area contributed by atoms with Gasteiger partial charge in [0.15, 0.2) is 11.5 Å². The van der Waals surface area contributed by atoms with Gasteiger partial charge in [-0.1, -0.05) is 6.07 Å². The number of carbonyl (C=O) groups is 2. The molecule has 4 rings (SSSR count). The van der Waals surface area contributed by atoms with Crippen molar-refractivity contribution < 1.29 is 28.9 Å². The van der Waals surface area contributed by atoms with Gasteiger partial charge in [0.05, 0.1) is 25.3 Å². The summed E-state index contributed by atoms with van der Waals surface area (Å²) in [5, 5.41) is 11.4. The second-order valence-corrected chi connectivity index (χ2v) is 9.45. The SMILES string of the molecule is CCOc1ccc(C2/C(=C(\O)c3ccc4c(c3)CC(C)O4)C(=O)C(=O)N2CCCN(C)C)cc1OC. The lowest BCUT2D eigenvalue weighted by molar-refractivity contribution is -0.139. The molecule has 8 heteroatoms. The number of likely N-dealkylation sites (tertiary alicyclic amines) is 1. The number of aliphatic hydroxyl groups is 1. The van der Waals surface area contributed by atoms with Gasteiger partial charge in [0.2, 0.25) is 0 Å². The zero-order chi connectivity index (χ0) is 26.0. The van der Waals surface area contributed by atoms with Crippen molar-refractivity contribution in [3.63, 3.8) is 0 Å². The van der Waals surface area contributed by atoms with Crippen LogP contribution in [0.3, 0.4) is 0 Å².